The molecule has 3 aliphatic heterocycles. The fourth-order valence-electron chi connectivity index (χ4n) is 3.80. The van der Waals surface area contributed by atoms with Crippen molar-refractivity contribution in [1.82, 2.24) is 10.2 Å². The molecule has 3 heterocycles. The molecule has 140 valence electrons. The first-order valence-electron chi connectivity index (χ1n) is 8.94. The number of amides is 3. The van der Waals surface area contributed by atoms with Crippen molar-refractivity contribution in [3.8, 4) is 0 Å². The largest absolute Gasteiger partial charge is 0.347 e. The SMILES string of the molecule is O=C(NC1CC(=O)N(c2cccc(F)c2)C1)N1CCC2(CC1)OCCO2. The molecule has 0 radical (unpaired) electrons. The van der Waals surface area contributed by atoms with Crippen molar-refractivity contribution >= 4 is 17.6 Å². The molecule has 1 spiro atoms. The Labute approximate surface area is 151 Å². The number of piperidine rings is 1. The first-order chi connectivity index (χ1) is 12.5. The van der Waals surface area contributed by atoms with E-state index in [0.717, 1.165) is 0 Å². The highest BCUT2D eigenvalue weighted by Crippen LogP contribution is 2.31. The van der Waals surface area contributed by atoms with Crippen molar-refractivity contribution in [2.24, 2.45) is 0 Å². The van der Waals surface area contributed by atoms with Crippen molar-refractivity contribution < 1.29 is 23.5 Å². The summed E-state index contributed by atoms with van der Waals surface area (Å²) in [5.41, 5.74) is 0.516. The van der Waals surface area contributed by atoms with Crippen molar-refractivity contribution in [3.05, 3.63) is 30.1 Å². The molecular weight excluding hydrogens is 341 g/mol. The highest BCUT2D eigenvalue weighted by atomic mass is 19.1. The van der Waals surface area contributed by atoms with Crippen LogP contribution in [0.2, 0.25) is 0 Å². The summed E-state index contributed by atoms with van der Waals surface area (Å²) in [7, 11) is 0. The normalized spacial score (nSPS) is 25.1. The van der Waals surface area contributed by atoms with Gasteiger partial charge in [-0.3, -0.25) is 4.79 Å². The van der Waals surface area contributed by atoms with Crippen LogP contribution in [-0.4, -0.2) is 61.5 Å². The predicted molar refractivity (Wildman–Crippen MR) is 91.1 cm³/mol. The summed E-state index contributed by atoms with van der Waals surface area (Å²) in [5, 5.41) is 2.92. The van der Waals surface area contributed by atoms with Crippen LogP contribution in [0.3, 0.4) is 0 Å². The summed E-state index contributed by atoms with van der Waals surface area (Å²) in [5.74, 6) is -1.03. The maximum absolute atomic E-state index is 13.4. The molecule has 1 unspecified atom stereocenters. The number of carbonyl (C=O) groups excluding carboxylic acids is 2. The van der Waals surface area contributed by atoms with Gasteiger partial charge < -0.3 is 24.6 Å². The van der Waals surface area contributed by atoms with Crippen molar-refractivity contribution in [2.45, 2.75) is 31.1 Å². The molecule has 4 rings (SSSR count). The van der Waals surface area contributed by atoms with Crippen molar-refractivity contribution in [2.75, 3.05) is 37.7 Å². The molecule has 3 aliphatic rings. The second kappa shape index (κ2) is 6.85. The lowest BCUT2D eigenvalue weighted by Gasteiger charge is -2.37. The molecule has 3 amide bonds. The van der Waals surface area contributed by atoms with E-state index < -0.39 is 5.79 Å². The zero-order valence-electron chi connectivity index (χ0n) is 14.4. The minimum Gasteiger partial charge on any atom is -0.347 e. The van der Waals surface area contributed by atoms with Gasteiger partial charge in [-0.05, 0) is 18.2 Å². The number of urea groups is 1. The fourth-order valence-corrected chi connectivity index (χ4v) is 3.80. The zero-order valence-corrected chi connectivity index (χ0v) is 14.4. The van der Waals surface area contributed by atoms with Gasteiger partial charge in [-0.15, -0.1) is 0 Å². The van der Waals surface area contributed by atoms with Gasteiger partial charge in [-0.2, -0.15) is 0 Å². The predicted octanol–water partition coefficient (Wildman–Crippen LogP) is 1.48. The van der Waals surface area contributed by atoms with E-state index in [4.69, 9.17) is 9.47 Å². The van der Waals surface area contributed by atoms with Gasteiger partial charge in [0.2, 0.25) is 5.91 Å². The Morgan fingerprint density at radius 1 is 1.23 bits per heavy atom. The molecule has 3 saturated heterocycles. The maximum Gasteiger partial charge on any atom is 0.317 e. The van der Waals surface area contributed by atoms with Crippen LogP contribution in [0.25, 0.3) is 0 Å². The molecule has 0 aliphatic carbocycles. The number of carbonyl (C=O) groups is 2. The number of anilines is 1. The van der Waals surface area contributed by atoms with Gasteiger partial charge in [-0.25, -0.2) is 9.18 Å². The number of ether oxygens (including phenoxy) is 2. The summed E-state index contributed by atoms with van der Waals surface area (Å²) >= 11 is 0. The van der Waals surface area contributed by atoms with E-state index >= 15 is 0 Å². The van der Waals surface area contributed by atoms with E-state index in [-0.39, 0.29) is 30.2 Å². The second-order valence-electron chi connectivity index (χ2n) is 6.93. The summed E-state index contributed by atoms with van der Waals surface area (Å²) in [6, 6.07) is 5.46. The first kappa shape index (κ1) is 17.2. The molecule has 8 heteroatoms. The number of benzene rings is 1. The minimum absolute atomic E-state index is 0.119. The van der Waals surface area contributed by atoms with E-state index in [0.29, 0.717) is 51.4 Å². The topological polar surface area (TPSA) is 71.1 Å². The van der Waals surface area contributed by atoms with Crippen LogP contribution in [0.15, 0.2) is 24.3 Å². The van der Waals surface area contributed by atoms with Crippen LogP contribution < -0.4 is 10.2 Å². The number of nitrogens with zero attached hydrogens (tertiary/aromatic N) is 2. The van der Waals surface area contributed by atoms with Crippen molar-refractivity contribution in [3.63, 3.8) is 0 Å². The summed E-state index contributed by atoms with van der Waals surface area (Å²) in [6.45, 7) is 2.66. The van der Waals surface area contributed by atoms with E-state index in [2.05, 4.69) is 5.32 Å². The number of hydrogen-bond donors (Lipinski definition) is 1. The Kier molecular flexibility index (Phi) is 4.54. The molecule has 1 atom stereocenters. The van der Waals surface area contributed by atoms with E-state index in [9.17, 15) is 14.0 Å². The van der Waals surface area contributed by atoms with Gasteiger partial charge in [0.1, 0.15) is 5.82 Å². The number of likely N-dealkylation sites (tertiary alicyclic amines) is 1. The Balaban J connectivity index is 1.32. The summed E-state index contributed by atoms with van der Waals surface area (Å²) in [4.78, 5) is 28.0. The lowest BCUT2D eigenvalue weighted by Crippen LogP contribution is -2.52. The molecule has 0 saturated carbocycles. The van der Waals surface area contributed by atoms with Gasteiger partial charge in [-0.1, -0.05) is 6.07 Å². The highest BCUT2D eigenvalue weighted by Gasteiger charge is 2.41. The molecule has 1 N–H and O–H groups in total. The van der Waals surface area contributed by atoms with Gasteiger partial charge in [0.15, 0.2) is 5.79 Å². The van der Waals surface area contributed by atoms with E-state index in [1.807, 2.05) is 0 Å². The number of rotatable bonds is 2. The Morgan fingerprint density at radius 3 is 2.65 bits per heavy atom. The molecule has 3 fully saturated rings. The molecular formula is C18H22FN3O4. The molecule has 1 aromatic rings. The third kappa shape index (κ3) is 3.39. The smallest absolute Gasteiger partial charge is 0.317 e. The monoisotopic (exact) mass is 363 g/mol. The second-order valence-corrected chi connectivity index (χ2v) is 6.93. The average molecular weight is 363 g/mol. The summed E-state index contributed by atoms with van der Waals surface area (Å²) < 4.78 is 24.7. The minimum atomic E-state index is -0.520. The van der Waals surface area contributed by atoms with Gasteiger partial charge in [0, 0.05) is 44.6 Å². The third-order valence-electron chi connectivity index (χ3n) is 5.20. The maximum atomic E-state index is 13.4. The first-order valence-corrected chi connectivity index (χ1v) is 8.94. The Morgan fingerprint density at radius 2 is 1.96 bits per heavy atom. The van der Waals surface area contributed by atoms with Crippen molar-refractivity contribution in [1.29, 1.82) is 0 Å². The average Bonchev–Trinajstić information content (AvgIpc) is 3.22. The van der Waals surface area contributed by atoms with Gasteiger partial charge in [0.25, 0.3) is 0 Å². The molecule has 0 bridgehead atoms. The molecule has 0 aromatic heterocycles. The lowest BCUT2D eigenvalue weighted by atomic mass is 10.0. The number of nitrogens with one attached hydrogen (secondary N) is 1. The number of halogens is 1. The third-order valence-corrected chi connectivity index (χ3v) is 5.20. The van der Waals surface area contributed by atoms with Crippen LogP contribution in [0, 0.1) is 5.82 Å². The molecule has 7 nitrogen and oxygen atoms in total. The van der Waals surface area contributed by atoms with E-state index in [1.54, 1.807) is 17.0 Å². The van der Waals surface area contributed by atoms with Crippen LogP contribution in [-0.2, 0) is 14.3 Å². The Hall–Kier alpha value is -2.19. The standard InChI is InChI=1S/C18H22FN3O4/c19-13-2-1-3-15(10-13)22-12-14(11-16(22)23)20-17(24)21-6-4-18(5-7-21)25-8-9-26-18/h1-3,10,14H,4-9,11-12H2,(H,20,24). The quantitative estimate of drug-likeness (QED) is 0.864. The van der Waals surface area contributed by atoms with E-state index in [1.165, 1.54) is 17.0 Å². The van der Waals surface area contributed by atoms with Crippen LogP contribution in [0.5, 0.6) is 0 Å². The molecule has 26 heavy (non-hydrogen) atoms. The van der Waals surface area contributed by atoms with Crippen LogP contribution >= 0.6 is 0 Å². The van der Waals surface area contributed by atoms with Gasteiger partial charge in [0.05, 0.1) is 19.3 Å². The Bertz CT molecular complexity index is 697. The highest BCUT2D eigenvalue weighted by molar-refractivity contribution is 5.96. The lowest BCUT2D eigenvalue weighted by molar-refractivity contribution is -0.181. The summed E-state index contributed by atoms with van der Waals surface area (Å²) in [6.07, 6.45) is 1.52. The number of hydrogen-bond acceptors (Lipinski definition) is 4. The molecule has 1 aromatic carbocycles. The fraction of sp³-hybridized carbons (Fsp3) is 0.556. The van der Waals surface area contributed by atoms with Gasteiger partial charge >= 0.3 is 6.03 Å². The zero-order chi connectivity index (χ0) is 18.1. The van der Waals surface area contributed by atoms with Crippen LogP contribution in [0.4, 0.5) is 14.9 Å². The van der Waals surface area contributed by atoms with Crippen LogP contribution in [0.1, 0.15) is 19.3 Å².